The number of carbonyl (C=O) groups is 1. The number of hydrazone groups is 1. The summed E-state index contributed by atoms with van der Waals surface area (Å²) in [6.07, 6.45) is 5.16. The summed E-state index contributed by atoms with van der Waals surface area (Å²) in [4.78, 5) is 11.7. The van der Waals surface area contributed by atoms with Gasteiger partial charge >= 0.3 is 0 Å². The number of rotatable bonds is 6. The molecule has 114 valence electrons. The zero-order chi connectivity index (χ0) is 15.8. The van der Waals surface area contributed by atoms with Gasteiger partial charge in [-0.15, -0.1) is 0 Å². The maximum atomic E-state index is 11.7. The van der Waals surface area contributed by atoms with E-state index in [1.807, 2.05) is 43.3 Å². The number of nitrogens with one attached hydrogen (secondary N) is 2. The van der Waals surface area contributed by atoms with Crippen LogP contribution in [-0.4, -0.2) is 18.2 Å². The zero-order valence-electron chi connectivity index (χ0n) is 12.7. The number of hydrogen-bond acceptors (Lipinski definition) is 4. The number of allylic oxidation sites excluding steroid dienone is 1. The molecule has 0 bridgehead atoms. The van der Waals surface area contributed by atoms with Crippen molar-refractivity contribution in [1.82, 2.24) is 5.43 Å². The van der Waals surface area contributed by atoms with E-state index in [0.29, 0.717) is 5.71 Å². The lowest BCUT2D eigenvalue weighted by Gasteiger charge is -2.06. The monoisotopic (exact) mass is 297 g/mol. The van der Waals surface area contributed by atoms with Crippen LogP contribution in [0.2, 0.25) is 0 Å². The summed E-state index contributed by atoms with van der Waals surface area (Å²) >= 11 is 0. The Morgan fingerprint density at radius 1 is 1.32 bits per heavy atom. The van der Waals surface area contributed by atoms with Crippen molar-refractivity contribution in [3.63, 3.8) is 0 Å². The highest BCUT2D eigenvalue weighted by Crippen LogP contribution is 2.08. The van der Waals surface area contributed by atoms with Gasteiger partial charge in [-0.2, -0.15) is 5.10 Å². The molecule has 5 nitrogen and oxygen atoms in total. The van der Waals surface area contributed by atoms with Crippen molar-refractivity contribution in [2.45, 2.75) is 13.8 Å². The molecular formula is C17H19N3O2. The quantitative estimate of drug-likeness (QED) is 0.635. The molecule has 0 saturated heterocycles. The third kappa shape index (κ3) is 5.28. The highest BCUT2D eigenvalue weighted by atomic mass is 16.3. The Bertz CT molecular complexity index is 673. The molecule has 0 unspecified atom stereocenters. The second-order valence-corrected chi connectivity index (χ2v) is 4.86. The third-order valence-corrected chi connectivity index (χ3v) is 2.86. The van der Waals surface area contributed by atoms with Gasteiger partial charge in [-0.25, -0.2) is 5.43 Å². The Balaban J connectivity index is 1.78. The molecule has 1 aromatic carbocycles. The van der Waals surface area contributed by atoms with Crippen LogP contribution in [0.4, 0.5) is 5.69 Å². The van der Waals surface area contributed by atoms with Crippen LogP contribution >= 0.6 is 0 Å². The molecule has 2 aromatic rings. The van der Waals surface area contributed by atoms with Crippen LogP contribution in [0.25, 0.3) is 6.08 Å². The van der Waals surface area contributed by atoms with Crippen molar-refractivity contribution in [2.24, 2.45) is 5.10 Å². The smallest absolute Gasteiger partial charge is 0.259 e. The van der Waals surface area contributed by atoms with Gasteiger partial charge in [0.1, 0.15) is 5.76 Å². The van der Waals surface area contributed by atoms with Crippen LogP contribution < -0.4 is 10.7 Å². The van der Waals surface area contributed by atoms with Gasteiger partial charge in [0.05, 0.1) is 18.5 Å². The summed E-state index contributed by atoms with van der Waals surface area (Å²) in [5.74, 6) is 0.536. The van der Waals surface area contributed by atoms with Crippen molar-refractivity contribution in [2.75, 3.05) is 11.9 Å². The SMILES string of the molecule is CC(/C=C/c1ccco1)=NNC(=O)CNc1cccc(C)c1. The van der Waals surface area contributed by atoms with Crippen LogP contribution in [0.1, 0.15) is 18.2 Å². The molecule has 22 heavy (non-hydrogen) atoms. The Labute approximate surface area is 129 Å². The van der Waals surface area contributed by atoms with Gasteiger partial charge in [-0.3, -0.25) is 4.79 Å². The van der Waals surface area contributed by atoms with Crippen molar-refractivity contribution in [3.05, 3.63) is 60.1 Å². The Morgan fingerprint density at radius 2 is 2.18 bits per heavy atom. The molecule has 1 aromatic heterocycles. The molecule has 0 fully saturated rings. The fourth-order valence-electron chi connectivity index (χ4n) is 1.75. The van der Waals surface area contributed by atoms with Gasteiger partial charge in [0.25, 0.3) is 5.91 Å². The lowest BCUT2D eigenvalue weighted by atomic mass is 10.2. The minimum atomic E-state index is -0.202. The zero-order valence-corrected chi connectivity index (χ0v) is 12.7. The second-order valence-electron chi connectivity index (χ2n) is 4.86. The van der Waals surface area contributed by atoms with E-state index in [-0.39, 0.29) is 12.5 Å². The molecule has 0 aliphatic carbocycles. The van der Waals surface area contributed by atoms with Crippen molar-refractivity contribution in [1.29, 1.82) is 0 Å². The Kier molecular flexibility index (Phi) is 5.54. The highest BCUT2D eigenvalue weighted by molar-refractivity contribution is 5.96. The lowest BCUT2D eigenvalue weighted by molar-refractivity contribution is -0.119. The number of furan rings is 1. The molecule has 0 aliphatic rings. The molecule has 0 spiro atoms. The number of amides is 1. The molecule has 2 rings (SSSR count). The summed E-state index contributed by atoms with van der Waals surface area (Å²) in [5.41, 5.74) is 5.23. The third-order valence-electron chi connectivity index (χ3n) is 2.86. The second kappa shape index (κ2) is 7.83. The van der Waals surface area contributed by atoms with Gasteiger partial charge in [0.2, 0.25) is 0 Å². The van der Waals surface area contributed by atoms with Crippen LogP contribution in [-0.2, 0) is 4.79 Å². The van der Waals surface area contributed by atoms with Crippen LogP contribution in [0.5, 0.6) is 0 Å². The van der Waals surface area contributed by atoms with E-state index in [9.17, 15) is 4.79 Å². The summed E-state index contributed by atoms with van der Waals surface area (Å²) in [6.45, 7) is 3.97. The average Bonchev–Trinajstić information content (AvgIpc) is 3.02. The molecular weight excluding hydrogens is 278 g/mol. The molecule has 0 atom stereocenters. The molecule has 0 aliphatic heterocycles. The predicted octanol–water partition coefficient (Wildman–Crippen LogP) is 3.21. The predicted molar refractivity (Wildman–Crippen MR) is 88.7 cm³/mol. The van der Waals surface area contributed by atoms with Gasteiger partial charge in [-0.05, 0) is 55.8 Å². The van der Waals surface area contributed by atoms with Gasteiger partial charge in [-0.1, -0.05) is 12.1 Å². The van der Waals surface area contributed by atoms with Gasteiger partial charge < -0.3 is 9.73 Å². The fourth-order valence-corrected chi connectivity index (χ4v) is 1.75. The summed E-state index contributed by atoms with van der Waals surface area (Å²) in [5, 5.41) is 7.05. The molecule has 1 heterocycles. The maximum Gasteiger partial charge on any atom is 0.259 e. The van der Waals surface area contributed by atoms with Gasteiger partial charge in [0.15, 0.2) is 0 Å². The van der Waals surface area contributed by atoms with Gasteiger partial charge in [0, 0.05) is 5.69 Å². The standard InChI is InChI=1S/C17H19N3O2/c1-13-5-3-6-15(11-13)18-12-17(21)20-19-14(2)8-9-16-7-4-10-22-16/h3-11,18H,12H2,1-2H3,(H,20,21)/b9-8+,19-14?. The Morgan fingerprint density at radius 3 is 2.91 bits per heavy atom. The maximum absolute atomic E-state index is 11.7. The summed E-state index contributed by atoms with van der Waals surface area (Å²) < 4.78 is 5.17. The Hall–Kier alpha value is -2.82. The molecule has 2 N–H and O–H groups in total. The topological polar surface area (TPSA) is 66.6 Å². The van der Waals surface area contributed by atoms with Crippen LogP contribution in [0.3, 0.4) is 0 Å². The number of nitrogens with zero attached hydrogens (tertiary/aromatic N) is 1. The summed E-state index contributed by atoms with van der Waals surface area (Å²) in [7, 11) is 0. The first-order valence-corrected chi connectivity index (χ1v) is 6.99. The highest BCUT2D eigenvalue weighted by Gasteiger charge is 2.00. The van der Waals surface area contributed by atoms with Crippen molar-refractivity contribution in [3.8, 4) is 0 Å². The van der Waals surface area contributed by atoms with E-state index in [4.69, 9.17) is 4.42 Å². The summed E-state index contributed by atoms with van der Waals surface area (Å²) in [6, 6.07) is 11.5. The van der Waals surface area contributed by atoms with E-state index >= 15 is 0 Å². The van der Waals surface area contributed by atoms with Crippen LogP contribution in [0.15, 0.2) is 58.3 Å². The minimum Gasteiger partial charge on any atom is -0.465 e. The average molecular weight is 297 g/mol. The number of anilines is 1. The lowest BCUT2D eigenvalue weighted by Crippen LogP contribution is -2.26. The molecule has 0 radical (unpaired) electrons. The number of hydrogen-bond donors (Lipinski definition) is 2. The molecule has 1 amide bonds. The molecule has 0 saturated carbocycles. The van der Waals surface area contributed by atoms with Crippen molar-refractivity contribution >= 4 is 23.4 Å². The van der Waals surface area contributed by atoms with E-state index < -0.39 is 0 Å². The van der Waals surface area contributed by atoms with E-state index in [2.05, 4.69) is 15.8 Å². The van der Waals surface area contributed by atoms with E-state index in [1.165, 1.54) is 0 Å². The fraction of sp³-hybridized carbons (Fsp3) is 0.176. The largest absolute Gasteiger partial charge is 0.465 e. The van der Waals surface area contributed by atoms with E-state index in [0.717, 1.165) is 17.0 Å². The van der Waals surface area contributed by atoms with E-state index in [1.54, 1.807) is 25.3 Å². The first-order valence-electron chi connectivity index (χ1n) is 6.99. The number of carbonyl (C=O) groups excluding carboxylic acids is 1. The number of aryl methyl sites for hydroxylation is 1. The van der Waals surface area contributed by atoms with Crippen molar-refractivity contribution < 1.29 is 9.21 Å². The first kappa shape index (κ1) is 15.6. The normalized spacial score (nSPS) is 11.6. The number of benzene rings is 1. The van der Waals surface area contributed by atoms with Crippen LogP contribution in [0, 0.1) is 6.92 Å². The molecule has 5 heteroatoms. The first-order chi connectivity index (χ1) is 10.6. The minimum absolute atomic E-state index is 0.169.